The molecule has 1 amide bonds. The lowest BCUT2D eigenvalue weighted by atomic mass is 9.77. The van der Waals surface area contributed by atoms with Crippen LogP contribution in [-0.2, 0) is 9.59 Å². The van der Waals surface area contributed by atoms with Gasteiger partial charge in [0.1, 0.15) is 6.04 Å². The van der Waals surface area contributed by atoms with E-state index < -0.39 is 12.0 Å². The van der Waals surface area contributed by atoms with Gasteiger partial charge in [-0.2, -0.15) is 0 Å². The van der Waals surface area contributed by atoms with E-state index >= 15 is 0 Å². The van der Waals surface area contributed by atoms with Crippen molar-refractivity contribution in [1.29, 1.82) is 0 Å². The fourth-order valence-corrected chi connectivity index (χ4v) is 3.64. The van der Waals surface area contributed by atoms with Crippen molar-refractivity contribution in [1.82, 2.24) is 10.6 Å². The Hall–Kier alpha value is -1.10. The predicted octanol–water partition coefficient (Wildman–Crippen LogP) is 2.06. The quantitative estimate of drug-likeness (QED) is 0.701. The first-order valence-electron chi connectivity index (χ1n) is 8.41. The lowest BCUT2D eigenvalue weighted by Gasteiger charge is -2.40. The normalized spacial score (nSPS) is 30.2. The molecule has 0 aromatic heterocycles. The van der Waals surface area contributed by atoms with Crippen molar-refractivity contribution in [3.8, 4) is 0 Å². The summed E-state index contributed by atoms with van der Waals surface area (Å²) in [6, 6.07) is -0.515. The summed E-state index contributed by atoms with van der Waals surface area (Å²) >= 11 is 0. The van der Waals surface area contributed by atoms with Crippen molar-refractivity contribution < 1.29 is 14.7 Å². The molecule has 0 spiro atoms. The highest BCUT2D eigenvalue weighted by Gasteiger charge is 2.35. The van der Waals surface area contributed by atoms with Crippen LogP contribution in [0.15, 0.2) is 0 Å². The number of carboxylic acids is 1. The third-order valence-corrected chi connectivity index (χ3v) is 4.93. The van der Waals surface area contributed by atoms with Gasteiger partial charge in [-0.1, -0.05) is 32.6 Å². The highest BCUT2D eigenvalue weighted by Crippen LogP contribution is 2.32. The Balaban J connectivity index is 1.85. The molecule has 5 nitrogen and oxygen atoms in total. The monoisotopic (exact) mass is 296 g/mol. The molecule has 21 heavy (non-hydrogen) atoms. The van der Waals surface area contributed by atoms with Crippen LogP contribution in [0.1, 0.15) is 64.7 Å². The summed E-state index contributed by atoms with van der Waals surface area (Å²) in [5.41, 5.74) is 0. The Labute approximate surface area is 126 Å². The molecule has 2 rings (SSSR count). The Morgan fingerprint density at radius 1 is 1.24 bits per heavy atom. The first-order chi connectivity index (χ1) is 10.1. The number of carboxylic acid groups (broad SMARTS) is 1. The van der Waals surface area contributed by atoms with E-state index in [2.05, 4.69) is 10.6 Å². The van der Waals surface area contributed by atoms with Gasteiger partial charge in [-0.25, -0.2) is 4.79 Å². The van der Waals surface area contributed by atoms with Crippen molar-refractivity contribution in [2.24, 2.45) is 5.92 Å². The number of fused-ring (bicyclic) bond motifs is 1. The minimum atomic E-state index is -0.928. The number of carbonyl (C=O) groups excluding carboxylic acids is 1. The number of piperidine rings is 1. The Bertz CT molecular complexity index is 373. The van der Waals surface area contributed by atoms with Crippen LogP contribution in [0.25, 0.3) is 0 Å². The summed E-state index contributed by atoms with van der Waals surface area (Å²) in [5.74, 6) is -0.358. The van der Waals surface area contributed by atoms with Crippen molar-refractivity contribution in [2.75, 3.05) is 0 Å². The number of hydrogen-bond donors (Lipinski definition) is 3. The maximum atomic E-state index is 12.3. The number of carbonyl (C=O) groups is 2. The molecule has 2 aliphatic rings. The molecule has 0 aromatic rings. The summed E-state index contributed by atoms with van der Waals surface area (Å²) in [6.45, 7) is 2.02. The van der Waals surface area contributed by atoms with E-state index in [9.17, 15) is 14.7 Å². The minimum Gasteiger partial charge on any atom is -0.480 e. The third kappa shape index (κ3) is 4.43. The standard InChI is InChI=1S/C16H28N2O3/c1-2-3-7-14(16(20)21)18-15(19)13-10-9-11-6-4-5-8-12(11)17-13/h11-14,17H,2-10H2,1H3,(H,18,19)(H,20,21). The molecule has 0 radical (unpaired) electrons. The molecule has 1 saturated carbocycles. The molecule has 1 saturated heterocycles. The van der Waals surface area contributed by atoms with Gasteiger partial charge in [0.2, 0.25) is 5.91 Å². The first-order valence-corrected chi connectivity index (χ1v) is 8.41. The minimum absolute atomic E-state index is 0.137. The molecule has 120 valence electrons. The fourth-order valence-electron chi connectivity index (χ4n) is 3.64. The molecule has 0 aromatic carbocycles. The smallest absolute Gasteiger partial charge is 0.326 e. The van der Waals surface area contributed by atoms with E-state index in [-0.39, 0.29) is 11.9 Å². The molecule has 1 heterocycles. The summed E-state index contributed by atoms with van der Waals surface area (Å²) in [7, 11) is 0. The highest BCUT2D eigenvalue weighted by molar-refractivity contribution is 5.87. The van der Waals surface area contributed by atoms with E-state index in [4.69, 9.17) is 0 Å². The third-order valence-electron chi connectivity index (χ3n) is 4.93. The Morgan fingerprint density at radius 2 is 2.00 bits per heavy atom. The lowest BCUT2D eigenvalue weighted by Crippen LogP contribution is -2.57. The maximum absolute atomic E-state index is 12.3. The van der Waals surface area contributed by atoms with Crippen LogP contribution in [0.2, 0.25) is 0 Å². The van der Waals surface area contributed by atoms with Crippen LogP contribution < -0.4 is 10.6 Å². The largest absolute Gasteiger partial charge is 0.480 e. The van der Waals surface area contributed by atoms with Crippen LogP contribution in [0.4, 0.5) is 0 Å². The number of rotatable bonds is 6. The zero-order valence-corrected chi connectivity index (χ0v) is 12.9. The van der Waals surface area contributed by atoms with Gasteiger partial charge < -0.3 is 15.7 Å². The van der Waals surface area contributed by atoms with E-state index in [1.165, 1.54) is 19.3 Å². The molecule has 4 atom stereocenters. The van der Waals surface area contributed by atoms with E-state index in [1.54, 1.807) is 0 Å². The highest BCUT2D eigenvalue weighted by atomic mass is 16.4. The fraction of sp³-hybridized carbons (Fsp3) is 0.875. The van der Waals surface area contributed by atoms with Crippen molar-refractivity contribution in [3.63, 3.8) is 0 Å². The van der Waals surface area contributed by atoms with Crippen LogP contribution in [0.5, 0.6) is 0 Å². The van der Waals surface area contributed by atoms with Gasteiger partial charge in [0, 0.05) is 6.04 Å². The predicted molar refractivity (Wildman–Crippen MR) is 81.0 cm³/mol. The SMILES string of the molecule is CCCCC(NC(=O)C1CCC2CCCCC2N1)C(=O)O. The topological polar surface area (TPSA) is 78.4 Å². The molecular weight excluding hydrogens is 268 g/mol. The molecule has 5 heteroatoms. The second-order valence-corrected chi connectivity index (χ2v) is 6.49. The van der Waals surface area contributed by atoms with Crippen molar-refractivity contribution in [3.05, 3.63) is 0 Å². The summed E-state index contributed by atoms with van der Waals surface area (Å²) < 4.78 is 0. The number of aliphatic carboxylic acids is 1. The second kappa shape index (κ2) is 7.78. The molecule has 1 aliphatic heterocycles. The molecule has 3 N–H and O–H groups in total. The zero-order valence-electron chi connectivity index (χ0n) is 12.9. The van der Waals surface area contributed by atoms with E-state index in [1.807, 2.05) is 6.92 Å². The molecule has 4 unspecified atom stereocenters. The molecule has 0 bridgehead atoms. The Kier molecular flexibility index (Phi) is 6.03. The first kappa shape index (κ1) is 16.3. The number of amides is 1. The lowest BCUT2D eigenvalue weighted by molar-refractivity contribution is -0.142. The zero-order chi connectivity index (χ0) is 15.2. The van der Waals surface area contributed by atoms with Crippen molar-refractivity contribution >= 4 is 11.9 Å². The van der Waals surface area contributed by atoms with Gasteiger partial charge in [0.05, 0.1) is 6.04 Å². The van der Waals surface area contributed by atoms with Gasteiger partial charge in [-0.05, 0) is 38.0 Å². The molecule has 2 fully saturated rings. The van der Waals surface area contributed by atoms with Crippen LogP contribution in [0.3, 0.4) is 0 Å². The van der Waals surface area contributed by atoms with Crippen LogP contribution in [-0.4, -0.2) is 35.1 Å². The Morgan fingerprint density at radius 3 is 2.71 bits per heavy atom. The van der Waals surface area contributed by atoms with Gasteiger partial charge >= 0.3 is 5.97 Å². The van der Waals surface area contributed by atoms with E-state index in [0.29, 0.717) is 18.4 Å². The summed E-state index contributed by atoms with van der Waals surface area (Å²) in [5, 5.41) is 15.4. The summed E-state index contributed by atoms with van der Waals surface area (Å²) in [6.07, 6.45) is 9.12. The average molecular weight is 296 g/mol. The number of hydrogen-bond acceptors (Lipinski definition) is 3. The van der Waals surface area contributed by atoms with Gasteiger partial charge in [0.15, 0.2) is 0 Å². The van der Waals surface area contributed by atoms with E-state index in [0.717, 1.165) is 32.1 Å². The average Bonchev–Trinajstić information content (AvgIpc) is 2.50. The van der Waals surface area contributed by atoms with Gasteiger partial charge in [0.25, 0.3) is 0 Å². The van der Waals surface area contributed by atoms with Crippen LogP contribution >= 0.6 is 0 Å². The number of unbranched alkanes of at least 4 members (excludes halogenated alkanes) is 1. The number of nitrogens with one attached hydrogen (secondary N) is 2. The van der Waals surface area contributed by atoms with Gasteiger partial charge in [-0.15, -0.1) is 0 Å². The maximum Gasteiger partial charge on any atom is 0.326 e. The van der Waals surface area contributed by atoms with Crippen LogP contribution in [0, 0.1) is 5.92 Å². The molecular formula is C16H28N2O3. The van der Waals surface area contributed by atoms with Gasteiger partial charge in [-0.3, -0.25) is 4.79 Å². The van der Waals surface area contributed by atoms with Crippen molar-refractivity contribution in [2.45, 2.75) is 82.8 Å². The second-order valence-electron chi connectivity index (χ2n) is 6.49. The summed E-state index contributed by atoms with van der Waals surface area (Å²) in [4.78, 5) is 23.5. The molecule has 1 aliphatic carbocycles.